The van der Waals surface area contributed by atoms with Crippen molar-refractivity contribution < 1.29 is 23.9 Å². The number of hydrogen-bond acceptors (Lipinski definition) is 6. The van der Waals surface area contributed by atoms with Gasteiger partial charge in [0.25, 0.3) is 5.91 Å². The summed E-state index contributed by atoms with van der Waals surface area (Å²) in [6, 6.07) is 14.9. The number of aromatic nitrogens is 2. The van der Waals surface area contributed by atoms with Gasteiger partial charge in [-0.3, -0.25) is 14.5 Å². The molecular formula is C26H28N4O5. The molecule has 0 aliphatic carbocycles. The average Bonchev–Trinajstić information content (AvgIpc) is 3.31. The Labute approximate surface area is 203 Å². The number of hydrogen-bond donors (Lipinski definition) is 1. The maximum atomic E-state index is 13.8. The number of carbonyl (C=O) groups excluding carboxylic acids is 3. The van der Waals surface area contributed by atoms with Gasteiger partial charge in [0.05, 0.1) is 27.1 Å². The van der Waals surface area contributed by atoms with Crippen LogP contribution in [0.25, 0.3) is 0 Å². The first kappa shape index (κ1) is 24.0. The van der Waals surface area contributed by atoms with Crippen molar-refractivity contribution in [3.05, 3.63) is 77.4 Å². The molecule has 1 aromatic heterocycles. The van der Waals surface area contributed by atoms with Gasteiger partial charge in [0.1, 0.15) is 17.0 Å². The van der Waals surface area contributed by atoms with Crippen LogP contribution in [0.3, 0.4) is 0 Å². The van der Waals surface area contributed by atoms with E-state index in [2.05, 4.69) is 10.3 Å². The number of carbonyl (C=O) groups is 3. The normalized spacial score (nSPS) is 17.0. The molecule has 2 amide bonds. The quantitative estimate of drug-likeness (QED) is 0.526. The van der Waals surface area contributed by atoms with Crippen molar-refractivity contribution in [3.63, 3.8) is 0 Å². The Kier molecular flexibility index (Phi) is 6.59. The van der Waals surface area contributed by atoms with Gasteiger partial charge < -0.3 is 19.4 Å². The zero-order chi connectivity index (χ0) is 25.2. The molecule has 0 radical (unpaired) electrons. The molecule has 0 bridgehead atoms. The van der Waals surface area contributed by atoms with Gasteiger partial charge in [-0.25, -0.2) is 9.78 Å². The SMILES string of the molecule is CCc1ccc(N2C(=O)c3c(C(=O)OC)ncn3C[C@@]2(C)C(=O)NCc2ccccc2OC)cc1. The number of esters is 1. The molecular weight excluding hydrogens is 448 g/mol. The van der Waals surface area contributed by atoms with E-state index in [0.717, 1.165) is 17.5 Å². The summed E-state index contributed by atoms with van der Waals surface area (Å²) in [5, 5.41) is 2.96. The average molecular weight is 477 g/mol. The van der Waals surface area contributed by atoms with Crippen molar-refractivity contribution in [2.24, 2.45) is 0 Å². The lowest BCUT2D eigenvalue weighted by atomic mass is 9.93. The molecule has 35 heavy (non-hydrogen) atoms. The minimum atomic E-state index is -1.30. The summed E-state index contributed by atoms with van der Waals surface area (Å²) in [5.74, 6) is -0.912. The molecule has 1 aliphatic heterocycles. The predicted molar refractivity (Wildman–Crippen MR) is 129 cm³/mol. The molecule has 3 aromatic rings. The van der Waals surface area contributed by atoms with Gasteiger partial charge in [-0.15, -0.1) is 0 Å². The first-order valence-electron chi connectivity index (χ1n) is 11.3. The van der Waals surface area contributed by atoms with Crippen LogP contribution in [0.2, 0.25) is 0 Å². The number of amides is 2. The summed E-state index contributed by atoms with van der Waals surface area (Å²) in [5.41, 5.74) is 1.17. The number of fused-ring (bicyclic) bond motifs is 1. The number of imidazole rings is 1. The molecule has 1 atom stereocenters. The zero-order valence-corrected chi connectivity index (χ0v) is 20.2. The van der Waals surface area contributed by atoms with E-state index in [1.165, 1.54) is 22.9 Å². The van der Waals surface area contributed by atoms with E-state index >= 15 is 0 Å². The van der Waals surface area contributed by atoms with Crippen molar-refractivity contribution >= 4 is 23.5 Å². The van der Waals surface area contributed by atoms with Gasteiger partial charge in [0, 0.05) is 17.8 Å². The third-order valence-electron chi connectivity index (χ3n) is 6.32. The Hall–Kier alpha value is -4.14. The summed E-state index contributed by atoms with van der Waals surface area (Å²) < 4.78 is 11.7. The third kappa shape index (κ3) is 4.25. The van der Waals surface area contributed by atoms with Gasteiger partial charge in [-0.05, 0) is 37.1 Å². The van der Waals surface area contributed by atoms with E-state index in [4.69, 9.17) is 9.47 Å². The molecule has 0 spiro atoms. The molecule has 0 fully saturated rings. The molecule has 4 rings (SSSR count). The zero-order valence-electron chi connectivity index (χ0n) is 20.2. The van der Waals surface area contributed by atoms with E-state index in [-0.39, 0.29) is 30.4 Å². The standard InChI is InChI=1S/C26H28N4O5/c1-5-17-10-12-19(13-11-17)30-23(31)22-21(24(32)35-4)28-16-29(22)15-26(30,2)25(33)27-14-18-8-6-7-9-20(18)34-3/h6-13,16H,5,14-15H2,1-4H3,(H,27,33)/t26-/m0/s1. The number of anilines is 1. The van der Waals surface area contributed by atoms with Gasteiger partial charge in [0.15, 0.2) is 5.69 Å². The molecule has 2 aromatic carbocycles. The first-order chi connectivity index (χ1) is 16.8. The number of nitrogens with zero attached hydrogens (tertiary/aromatic N) is 3. The Balaban J connectivity index is 1.74. The summed E-state index contributed by atoms with van der Waals surface area (Å²) in [7, 11) is 2.81. The topological polar surface area (TPSA) is 103 Å². The van der Waals surface area contributed by atoms with Gasteiger partial charge in [-0.1, -0.05) is 37.3 Å². The number of para-hydroxylation sites is 1. The van der Waals surface area contributed by atoms with Crippen LogP contribution >= 0.6 is 0 Å². The van der Waals surface area contributed by atoms with Crippen molar-refractivity contribution in [2.75, 3.05) is 19.1 Å². The second kappa shape index (κ2) is 9.61. The molecule has 0 saturated heterocycles. The van der Waals surface area contributed by atoms with Crippen LogP contribution in [0.5, 0.6) is 5.75 Å². The summed E-state index contributed by atoms with van der Waals surface area (Å²) >= 11 is 0. The lowest BCUT2D eigenvalue weighted by Crippen LogP contribution is -2.64. The van der Waals surface area contributed by atoms with Crippen LogP contribution in [0.1, 0.15) is 46.0 Å². The monoisotopic (exact) mass is 476 g/mol. The predicted octanol–water partition coefficient (Wildman–Crippen LogP) is 2.98. The second-order valence-corrected chi connectivity index (χ2v) is 8.49. The Morgan fingerprint density at radius 1 is 1.11 bits per heavy atom. The highest BCUT2D eigenvalue weighted by atomic mass is 16.5. The number of aryl methyl sites for hydroxylation is 1. The summed E-state index contributed by atoms with van der Waals surface area (Å²) in [4.78, 5) is 45.3. The van der Waals surface area contributed by atoms with Gasteiger partial charge >= 0.3 is 5.97 Å². The molecule has 1 aliphatic rings. The van der Waals surface area contributed by atoms with E-state index < -0.39 is 17.4 Å². The van der Waals surface area contributed by atoms with Crippen LogP contribution in [0.4, 0.5) is 5.69 Å². The fourth-order valence-electron chi connectivity index (χ4n) is 4.38. The van der Waals surface area contributed by atoms with E-state index in [1.54, 1.807) is 14.0 Å². The van der Waals surface area contributed by atoms with Crippen LogP contribution < -0.4 is 15.0 Å². The van der Waals surface area contributed by atoms with Gasteiger partial charge in [0.2, 0.25) is 5.91 Å². The second-order valence-electron chi connectivity index (χ2n) is 8.49. The number of benzene rings is 2. The van der Waals surface area contributed by atoms with Crippen LogP contribution in [-0.4, -0.2) is 47.1 Å². The molecule has 9 heteroatoms. The molecule has 0 unspecified atom stereocenters. The highest BCUT2D eigenvalue weighted by molar-refractivity contribution is 6.15. The number of rotatable bonds is 7. The maximum absolute atomic E-state index is 13.8. The Bertz CT molecular complexity index is 1270. The lowest BCUT2D eigenvalue weighted by molar-refractivity contribution is -0.126. The number of nitrogens with one attached hydrogen (secondary N) is 1. The summed E-state index contributed by atoms with van der Waals surface area (Å²) in [6.45, 7) is 4.07. The molecule has 9 nitrogen and oxygen atoms in total. The smallest absolute Gasteiger partial charge is 0.359 e. The number of ether oxygens (including phenoxy) is 2. The van der Waals surface area contributed by atoms with Crippen molar-refractivity contribution in [2.45, 2.75) is 38.9 Å². The van der Waals surface area contributed by atoms with E-state index in [0.29, 0.717) is 11.4 Å². The Morgan fingerprint density at radius 3 is 2.49 bits per heavy atom. The van der Waals surface area contributed by atoms with Gasteiger partial charge in [-0.2, -0.15) is 0 Å². The maximum Gasteiger partial charge on any atom is 0.359 e. The minimum absolute atomic E-state index is 0.0795. The van der Waals surface area contributed by atoms with Crippen molar-refractivity contribution in [3.8, 4) is 5.75 Å². The van der Waals surface area contributed by atoms with E-state index in [9.17, 15) is 14.4 Å². The van der Waals surface area contributed by atoms with Crippen molar-refractivity contribution in [1.29, 1.82) is 0 Å². The molecule has 182 valence electrons. The fraction of sp³-hybridized carbons (Fsp3) is 0.308. The highest BCUT2D eigenvalue weighted by Crippen LogP contribution is 2.34. The van der Waals surface area contributed by atoms with E-state index in [1.807, 2.05) is 55.5 Å². The van der Waals surface area contributed by atoms with Crippen LogP contribution in [-0.2, 0) is 29.0 Å². The highest BCUT2D eigenvalue weighted by Gasteiger charge is 2.49. The largest absolute Gasteiger partial charge is 0.496 e. The molecule has 1 N–H and O–H groups in total. The summed E-state index contributed by atoms with van der Waals surface area (Å²) in [6.07, 6.45) is 2.23. The molecule has 2 heterocycles. The minimum Gasteiger partial charge on any atom is -0.496 e. The third-order valence-corrected chi connectivity index (χ3v) is 6.32. The molecule has 0 saturated carbocycles. The van der Waals surface area contributed by atoms with Crippen LogP contribution in [0, 0.1) is 0 Å². The Morgan fingerprint density at radius 2 is 1.83 bits per heavy atom. The van der Waals surface area contributed by atoms with Crippen molar-refractivity contribution in [1.82, 2.24) is 14.9 Å². The first-order valence-corrected chi connectivity index (χ1v) is 11.3. The lowest BCUT2D eigenvalue weighted by Gasteiger charge is -2.43. The number of methoxy groups -OCH3 is 2. The van der Waals surface area contributed by atoms with Crippen LogP contribution in [0.15, 0.2) is 54.9 Å². The fourth-order valence-corrected chi connectivity index (χ4v) is 4.38.